The maximum absolute atomic E-state index is 13.0. The van der Waals surface area contributed by atoms with Gasteiger partial charge in [-0.15, -0.1) is 0 Å². The molecule has 2 heterocycles. The lowest BCUT2D eigenvalue weighted by Crippen LogP contribution is -2.42. The van der Waals surface area contributed by atoms with Crippen molar-refractivity contribution < 1.29 is 13.9 Å². The Labute approximate surface area is 158 Å². The smallest absolute Gasteiger partial charge is 0.322 e. The summed E-state index contributed by atoms with van der Waals surface area (Å²) in [5.74, 6) is 1.74. The van der Waals surface area contributed by atoms with Gasteiger partial charge in [-0.1, -0.05) is 30.3 Å². The van der Waals surface area contributed by atoms with Gasteiger partial charge in [-0.3, -0.25) is 0 Å². The maximum atomic E-state index is 13.0. The molecule has 0 spiro atoms. The molecule has 0 bridgehead atoms. The number of amides is 2. The second kappa shape index (κ2) is 7.58. The van der Waals surface area contributed by atoms with Gasteiger partial charge in [0.2, 0.25) is 0 Å². The first kappa shape index (κ1) is 17.2. The van der Waals surface area contributed by atoms with Crippen LogP contribution in [0.5, 0.6) is 5.75 Å². The van der Waals surface area contributed by atoms with Crippen LogP contribution in [0, 0.1) is 0 Å². The highest BCUT2D eigenvalue weighted by Crippen LogP contribution is 2.36. The number of benzene rings is 2. The average molecular weight is 362 g/mol. The predicted octanol–water partition coefficient (Wildman–Crippen LogP) is 4.86. The molecular weight excluding hydrogens is 340 g/mol. The molecule has 1 aromatic heterocycles. The van der Waals surface area contributed by atoms with Crippen molar-refractivity contribution in [2.45, 2.75) is 19.4 Å². The maximum Gasteiger partial charge on any atom is 0.322 e. The molecule has 0 aliphatic carbocycles. The number of urea groups is 1. The van der Waals surface area contributed by atoms with Crippen molar-refractivity contribution in [1.29, 1.82) is 0 Å². The normalized spacial score (nSPS) is 15.9. The van der Waals surface area contributed by atoms with Crippen molar-refractivity contribution in [1.82, 2.24) is 4.90 Å². The number of ether oxygens (including phenoxy) is 1. The van der Waals surface area contributed by atoms with Crippen LogP contribution in [-0.2, 0) is 6.42 Å². The van der Waals surface area contributed by atoms with Crippen molar-refractivity contribution in [3.05, 3.63) is 83.8 Å². The highest BCUT2D eigenvalue weighted by Gasteiger charge is 2.33. The van der Waals surface area contributed by atoms with Crippen LogP contribution in [0.4, 0.5) is 10.5 Å². The molecule has 3 aromatic rings. The molecule has 2 amide bonds. The van der Waals surface area contributed by atoms with Gasteiger partial charge in [-0.05, 0) is 42.8 Å². The van der Waals surface area contributed by atoms with Crippen LogP contribution in [0.2, 0.25) is 0 Å². The second-order valence-electron chi connectivity index (χ2n) is 6.44. The van der Waals surface area contributed by atoms with Gasteiger partial charge < -0.3 is 19.4 Å². The number of carbonyl (C=O) groups is 1. The van der Waals surface area contributed by atoms with E-state index < -0.39 is 0 Å². The Balaban J connectivity index is 1.58. The summed E-state index contributed by atoms with van der Waals surface area (Å²) < 4.78 is 11.1. The van der Waals surface area contributed by atoms with E-state index in [1.54, 1.807) is 6.26 Å². The number of anilines is 1. The molecule has 4 rings (SSSR count). The highest BCUT2D eigenvalue weighted by atomic mass is 16.5. The lowest BCUT2D eigenvalue weighted by atomic mass is 9.93. The first-order valence-corrected chi connectivity index (χ1v) is 9.18. The molecule has 1 aliphatic heterocycles. The van der Waals surface area contributed by atoms with Gasteiger partial charge in [0.15, 0.2) is 0 Å². The average Bonchev–Trinajstić information content (AvgIpc) is 3.18. The zero-order valence-electron chi connectivity index (χ0n) is 15.2. The number of carbonyl (C=O) groups excluding carboxylic acids is 1. The third-order valence-electron chi connectivity index (χ3n) is 4.76. The molecule has 1 unspecified atom stereocenters. The van der Waals surface area contributed by atoms with Crippen molar-refractivity contribution in [2.24, 2.45) is 0 Å². The summed E-state index contributed by atoms with van der Waals surface area (Å²) in [6, 6.07) is 19.2. The fourth-order valence-electron chi connectivity index (χ4n) is 3.53. The monoisotopic (exact) mass is 362 g/mol. The van der Waals surface area contributed by atoms with E-state index in [0.717, 1.165) is 28.3 Å². The van der Waals surface area contributed by atoms with Gasteiger partial charge in [-0.2, -0.15) is 0 Å². The van der Waals surface area contributed by atoms with Crippen LogP contribution in [0.25, 0.3) is 0 Å². The third-order valence-corrected chi connectivity index (χ3v) is 4.76. The number of nitrogens with zero attached hydrogens (tertiary/aromatic N) is 1. The quantitative estimate of drug-likeness (QED) is 0.721. The van der Waals surface area contributed by atoms with Gasteiger partial charge in [0, 0.05) is 24.2 Å². The fourth-order valence-corrected chi connectivity index (χ4v) is 3.53. The third kappa shape index (κ3) is 3.53. The van der Waals surface area contributed by atoms with Crippen molar-refractivity contribution in [2.75, 3.05) is 18.5 Å². The van der Waals surface area contributed by atoms with E-state index in [1.807, 2.05) is 72.5 Å². The number of hydrogen-bond acceptors (Lipinski definition) is 3. The molecule has 1 aliphatic rings. The van der Waals surface area contributed by atoms with E-state index in [1.165, 1.54) is 0 Å². The molecule has 0 saturated heterocycles. The van der Waals surface area contributed by atoms with Crippen LogP contribution in [0.1, 0.15) is 29.9 Å². The molecular formula is C22H22N2O3. The summed E-state index contributed by atoms with van der Waals surface area (Å²) in [6.07, 6.45) is 2.41. The van der Waals surface area contributed by atoms with Gasteiger partial charge in [-0.25, -0.2) is 4.79 Å². The van der Waals surface area contributed by atoms with Crippen LogP contribution < -0.4 is 10.1 Å². The van der Waals surface area contributed by atoms with Crippen LogP contribution >= 0.6 is 0 Å². The SMILES string of the molecule is CCOc1ccc(NC(=O)N2CCc3occc3C2c2ccccc2)cc1. The second-order valence-corrected chi connectivity index (χ2v) is 6.44. The van der Waals surface area contributed by atoms with Crippen LogP contribution in [0.3, 0.4) is 0 Å². The minimum Gasteiger partial charge on any atom is -0.494 e. The highest BCUT2D eigenvalue weighted by molar-refractivity contribution is 5.90. The summed E-state index contributed by atoms with van der Waals surface area (Å²) in [5.41, 5.74) is 2.87. The Hall–Kier alpha value is -3.21. The number of furan rings is 1. The number of hydrogen-bond donors (Lipinski definition) is 1. The van der Waals surface area contributed by atoms with E-state index in [2.05, 4.69) is 5.32 Å². The lowest BCUT2D eigenvalue weighted by molar-refractivity contribution is 0.190. The molecule has 1 atom stereocenters. The number of rotatable bonds is 4. The Morgan fingerprint density at radius 3 is 2.67 bits per heavy atom. The van der Waals surface area contributed by atoms with Gasteiger partial charge in [0.05, 0.1) is 18.9 Å². The van der Waals surface area contributed by atoms with Gasteiger partial charge >= 0.3 is 6.03 Å². The molecule has 2 aromatic carbocycles. The van der Waals surface area contributed by atoms with Gasteiger partial charge in [0.25, 0.3) is 0 Å². The van der Waals surface area contributed by atoms with Crippen molar-refractivity contribution in [3.8, 4) is 5.75 Å². The van der Waals surface area contributed by atoms with E-state index in [0.29, 0.717) is 19.6 Å². The predicted molar refractivity (Wildman–Crippen MR) is 104 cm³/mol. The molecule has 0 radical (unpaired) electrons. The first-order chi connectivity index (χ1) is 13.3. The molecule has 5 nitrogen and oxygen atoms in total. The summed E-state index contributed by atoms with van der Waals surface area (Å²) in [7, 11) is 0. The van der Waals surface area contributed by atoms with Gasteiger partial charge in [0.1, 0.15) is 11.5 Å². The summed E-state index contributed by atoms with van der Waals surface area (Å²) in [6.45, 7) is 3.16. The van der Waals surface area contributed by atoms with Crippen LogP contribution in [-0.4, -0.2) is 24.1 Å². The molecule has 138 valence electrons. The Morgan fingerprint density at radius 1 is 1.15 bits per heavy atom. The van der Waals surface area contributed by atoms with Crippen molar-refractivity contribution in [3.63, 3.8) is 0 Å². The van der Waals surface area contributed by atoms with Crippen LogP contribution in [0.15, 0.2) is 71.3 Å². The largest absolute Gasteiger partial charge is 0.494 e. The zero-order chi connectivity index (χ0) is 18.6. The molecule has 0 fully saturated rings. The Kier molecular flexibility index (Phi) is 4.83. The number of nitrogens with one attached hydrogen (secondary N) is 1. The molecule has 0 saturated carbocycles. The van der Waals surface area contributed by atoms with E-state index >= 15 is 0 Å². The minimum atomic E-state index is -0.156. The van der Waals surface area contributed by atoms with Crippen molar-refractivity contribution >= 4 is 11.7 Å². The molecule has 5 heteroatoms. The minimum absolute atomic E-state index is 0.125. The Morgan fingerprint density at radius 2 is 1.93 bits per heavy atom. The van der Waals surface area contributed by atoms with E-state index in [9.17, 15) is 4.79 Å². The standard InChI is InChI=1S/C22H22N2O3/c1-2-26-18-10-8-17(9-11-18)23-22(25)24-14-12-20-19(13-15-27-20)21(24)16-6-4-3-5-7-16/h3-11,13,15,21H,2,12,14H2,1H3,(H,23,25). The topological polar surface area (TPSA) is 54.7 Å². The van der Waals surface area contributed by atoms with E-state index in [-0.39, 0.29) is 12.1 Å². The summed E-state index contributed by atoms with van der Waals surface area (Å²) >= 11 is 0. The molecule has 1 N–H and O–H groups in total. The summed E-state index contributed by atoms with van der Waals surface area (Å²) in [5, 5.41) is 3.00. The number of fused-ring (bicyclic) bond motifs is 1. The summed E-state index contributed by atoms with van der Waals surface area (Å²) in [4.78, 5) is 14.9. The first-order valence-electron chi connectivity index (χ1n) is 9.18. The van der Waals surface area contributed by atoms with E-state index in [4.69, 9.17) is 9.15 Å². The zero-order valence-corrected chi connectivity index (χ0v) is 15.2. The fraction of sp³-hybridized carbons (Fsp3) is 0.227. The lowest BCUT2D eigenvalue weighted by Gasteiger charge is -2.35. The molecule has 27 heavy (non-hydrogen) atoms. The Bertz CT molecular complexity index is 903.